The lowest BCUT2D eigenvalue weighted by Crippen LogP contribution is -2.30. The van der Waals surface area contributed by atoms with E-state index in [-0.39, 0.29) is 22.9 Å². The summed E-state index contributed by atoms with van der Waals surface area (Å²) in [5, 5.41) is 10.1. The van der Waals surface area contributed by atoms with Crippen LogP contribution in [0.5, 0.6) is 0 Å². The van der Waals surface area contributed by atoms with Crippen LogP contribution in [0.3, 0.4) is 0 Å². The fraction of sp³-hybridized carbons (Fsp3) is 0.286. The van der Waals surface area contributed by atoms with E-state index in [4.69, 9.17) is 0 Å². The monoisotopic (exact) mass is 481 g/mol. The van der Waals surface area contributed by atoms with Crippen molar-refractivity contribution in [1.29, 1.82) is 0 Å². The number of amides is 1. The summed E-state index contributed by atoms with van der Waals surface area (Å²) in [5.41, 5.74) is -0.0253. The number of hydrogen-bond acceptors (Lipinski definition) is 5. The Balaban J connectivity index is 1.65. The summed E-state index contributed by atoms with van der Waals surface area (Å²) in [6, 6.07) is 8.19. The number of aromatic nitrogens is 3. The van der Waals surface area contributed by atoms with Crippen LogP contribution in [0.15, 0.2) is 53.6 Å². The molecule has 2 aromatic heterocycles. The fourth-order valence-corrected chi connectivity index (χ4v) is 4.54. The van der Waals surface area contributed by atoms with Gasteiger partial charge in [0, 0.05) is 25.4 Å². The van der Waals surface area contributed by atoms with Crippen molar-refractivity contribution < 1.29 is 26.4 Å². The second-order valence-corrected chi connectivity index (χ2v) is 8.91. The first kappa shape index (κ1) is 24.4. The molecule has 0 aliphatic carbocycles. The van der Waals surface area contributed by atoms with Crippen molar-refractivity contribution in [3.8, 4) is 0 Å². The summed E-state index contributed by atoms with van der Waals surface area (Å²) >= 11 is 0. The Kier molecular flexibility index (Phi) is 7.18. The summed E-state index contributed by atoms with van der Waals surface area (Å²) in [5.74, 6) is -0.359. The zero-order chi connectivity index (χ0) is 24.2. The molecule has 0 atom stereocenters. The number of carbonyl (C=O) groups is 1. The number of fused-ring (bicyclic) bond motifs is 1. The molecule has 0 unspecified atom stereocenters. The number of nitrogens with one attached hydrogen (secondary N) is 1. The second-order valence-electron chi connectivity index (χ2n) is 6.97. The van der Waals surface area contributed by atoms with Gasteiger partial charge in [0.15, 0.2) is 11.5 Å². The SMILES string of the molecule is CCN(CC)S(=O)(=O)c1ccc(C=CC(=O)NCc2nnc3ccc(C(F)(F)F)cn23)cc1. The molecule has 3 rings (SSSR count). The third-order valence-electron chi connectivity index (χ3n) is 4.87. The van der Waals surface area contributed by atoms with Crippen molar-refractivity contribution in [3.63, 3.8) is 0 Å². The van der Waals surface area contributed by atoms with Gasteiger partial charge in [-0.25, -0.2) is 8.42 Å². The van der Waals surface area contributed by atoms with Gasteiger partial charge in [0.2, 0.25) is 15.9 Å². The van der Waals surface area contributed by atoms with E-state index in [0.717, 1.165) is 12.3 Å². The molecule has 3 aromatic rings. The fourth-order valence-electron chi connectivity index (χ4n) is 3.09. The van der Waals surface area contributed by atoms with Crippen LogP contribution in [0.4, 0.5) is 13.2 Å². The number of benzene rings is 1. The van der Waals surface area contributed by atoms with Crippen LogP contribution < -0.4 is 5.32 Å². The Morgan fingerprint density at radius 2 is 1.76 bits per heavy atom. The van der Waals surface area contributed by atoms with Gasteiger partial charge in [-0.2, -0.15) is 17.5 Å². The van der Waals surface area contributed by atoms with E-state index in [9.17, 15) is 26.4 Å². The van der Waals surface area contributed by atoms with Crippen molar-refractivity contribution in [3.05, 3.63) is 65.6 Å². The number of carbonyl (C=O) groups excluding carboxylic acids is 1. The van der Waals surface area contributed by atoms with Gasteiger partial charge < -0.3 is 5.32 Å². The highest BCUT2D eigenvalue weighted by atomic mass is 32.2. The summed E-state index contributed by atoms with van der Waals surface area (Å²) in [6.45, 7) is 4.11. The van der Waals surface area contributed by atoms with Gasteiger partial charge in [-0.05, 0) is 35.9 Å². The van der Waals surface area contributed by atoms with Gasteiger partial charge >= 0.3 is 6.18 Å². The topological polar surface area (TPSA) is 96.7 Å². The van der Waals surface area contributed by atoms with E-state index < -0.39 is 27.7 Å². The van der Waals surface area contributed by atoms with Gasteiger partial charge in [0.05, 0.1) is 17.0 Å². The quantitative estimate of drug-likeness (QED) is 0.499. The summed E-state index contributed by atoms with van der Waals surface area (Å²) in [7, 11) is -3.57. The van der Waals surface area contributed by atoms with Crippen LogP contribution in [0.2, 0.25) is 0 Å². The average molecular weight is 482 g/mol. The molecule has 0 bridgehead atoms. The van der Waals surface area contributed by atoms with Crippen LogP contribution >= 0.6 is 0 Å². The largest absolute Gasteiger partial charge is 0.417 e. The number of sulfonamides is 1. The Labute approximate surface area is 188 Å². The van der Waals surface area contributed by atoms with Crippen LogP contribution in [0.25, 0.3) is 11.7 Å². The molecular weight excluding hydrogens is 459 g/mol. The van der Waals surface area contributed by atoms with Gasteiger partial charge in [-0.15, -0.1) is 10.2 Å². The molecule has 0 saturated carbocycles. The molecule has 1 amide bonds. The zero-order valence-corrected chi connectivity index (χ0v) is 18.7. The van der Waals surface area contributed by atoms with E-state index in [0.29, 0.717) is 18.7 Å². The minimum absolute atomic E-state index is 0.132. The molecule has 33 heavy (non-hydrogen) atoms. The van der Waals surface area contributed by atoms with Crippen LogP contribution in [0.1, 0.15) is 30.8 Å². The van der Waals surface area contributed by atoms with Crippen LogP contribution in [-0.2, 0) is 27.5 Å². The lowest BCUT2D eigenvalue weighted by molar-refractivity contribution is -0.137. The zero-order valence-electron chi connectivity index (χ0n) is 17.9. The lowest BCUT2D eigenvalue weighted by Gasteiger charge is -2.18. The molecule has 1 N–H and O–H groups in total. The second kappa shape index (κ2) is 9.71. The van der Waals surface area contributed by atoms with Crippen molar-refractivity contribution in [2.75, 3.05) is 13.1 Å². The summed E-state index contributed by atoms with van der Waals surface area (Å²) < 4.78 is 66.3. The Morgan fingerprint density at radius 1 is 1.09 bits per heavy atom. The van der Waals surface area contributed by atoms with E-state index >= 15 is 0 Å². The average Bonchev–Trinajstić information content (AvgIpc) is 3.19. The molecule has 176 valence electrons. The number of halogens is 3. The number of hydrogen-bond donors (Lipinski definition) is 1. The molecule has 0 spiro atoms. The summed E-state index contributed by atoms with van der Waals surface area (Å²) in [4.78, 5) is 12.3. The number of rotatable bonds is 8. The minimum Gasteiger partial charge on any atom is -0.345 e. The van der Waals surface area contributed by atoms with E-state index in [1.54, 1.807) is 26.0 Å². The molecule has 0 aliphatic heterocycles. The molecule has 1 aromatic carbocycles. The first-order valence-corrected chi connectivity index (χ1v) is 11.5. The number of pyridine rings is 1. The van der Waals surface area contributed by atoms with Crippen molar-refractivity contribution in [1.82, 2.24) is 24.2 Å². The predicted molar refractivity (Wildman–Crippen MR) is 115 cm³/mol. The maximum absolute atomic E-state index is 12.9. The lowest BCUT2D eigenvalue weighted by atomic mass is 10.2. The third kappa shape index (κ3) is 5.57. The molecule has 0 aliphatic rings. The maximum Gasteiger partial charge on any atom is 0.417 e. The molecule has 0 saturated heterocycles. The minimum atomic E-state index is -4.51. The molecule has 0 radical (unpaired) electrons. The van der Waals surface area contributed by atoms with Crippen molar-refractivity contribution in [2.45, 2.75) is 31.5 Å². The summed E-state index contributed by atoms with van der Waals surface area (Å²) in [6.07, 6.45) is -0.909. The molecule has 8 nitrogen and oxygen atoms in total. The van der Waals surface area contributed by atoms with E-state index in [1.807, 2.05) is 0 Å². The van der Waals surface area contributed by atoms with Crippen molar-refractivity contribution in [2.24, 2.45) is 0 Å². The first-order chi connectivity index (χ1) is 15.6. The third-order valence-corrected chi connectivity index (χ3v) is 6.94. The van der Waals surface area contributed by atoms with Gasteiger partial charge in [0.25, 0.3) is 0 Å². The highest BCUT2D eigenvalue weighted by Gasteiger charge is 2.31. The normalized spacial score (nSPS) is 12.7. The van der Waals surface area contributed by atoms with Crippen molar-refractivity contribution >= 4 is 27.7 Å². The maximum atomic E-state index is 12.9. The highest BCUT2D eigenvalue weighted by Crippen LogP contribution is 2.29. The van der Waals surface area contributed by atoms with E-state index in [2.05, 4.69) is 15.5 Å². The number of nitrogens with zero attached hydrogens (tertiary/aromatic N) is 4. The highest BCUT2D eigenvalue weighted by molar-refractivity contribution is 7.89. The van der Waals surface area contributed by atoms with E-state index in [1.165, 1.54) is 39.1 Å². The Hall–Kier alpha value is -3.25. The standard InChI is InChI=1S/C21H22F3N5O3S/c1-3-28(4-2)33(31,32)17-9-5-15(6-10-17)7-12-20(30)25-13-19-27-26-18-11-8-16(14-29(18)19)21(22,23)24/h5-12,14H,3-4,13H2,1-2H3,(H,25,30). The first-order valence-electron chi connectivity index (χ1n) is 10.0. The van der Waals surface area contributed by atoms with Crippen LogP contribution in [0, 0.1) is 0 Å². The smallest absolute Gasteiger partial charge is 0.345 e. The molecule has 12 heteroatoms. The molecule has 2 heterocycles. The molecule has 0 fully saturated rings. The van der Waals surface area contributed by atoms with Crippen LogP contribution in [-0.4, -0.2) is 46.3 Å². The molecular formula is C21H22F3N5O3S. The number of alkyl halides is 3. The van der Waals surface area contributed by atoms with Gasteiger partial charge in [-0.1, -0.05) is 26.0 Å². The van der Waals surface area contributed by atoms with Gasteiger partial charge in [0.1, 0.15) is 0 Å². The van der Waals surface area contributed by atoms with Gasteiger partial charge in [-0.3, -0.25) is 9.20 Å². The Morgan fingerprint density at radius 3 is 2.36 bits per heavy atom. The Bertz CT molecular complexity index is 1260. The predicted octanol–water partition coefficient (Wildman–Crippen LogP) is 3.11.